The molecule has 0 aromatic heterocycles. The molecule has 0 aliphatic rings. The van der Waals surface area contributed by atoms with Crippen LogP contribution < -0.4 is 11.5 Å². The maximum Gasteiger partial charge on any atom is 0.0192 e. The van der Waals surface area contributed by atoms with Crippen molar-refractivity contribution in [2.24, 2.45) is 23.3 Å². The van der Waals surface area contributed by atoms with Crippen molar-refractivity contribution < 1.29 is 0 Å². The zero-order valence-corrected chi connectivity index (χ0v) is 10.3. The number of rotatable bonds is 7. The first-order valence-electron chi connectivity index (χ1n) is 5.94. The molecule has 0 amide bonds. The molecule has 0 radical (unpaired) electrons. The standard InChI is InChI=1S/C12H28N2/c1-9(2)5-7-11(13)12(14)8-6-10(3)4/h9-12H,5-8,13-14H2,1-4H3. The lowest BCUT2D eigenvalue weighted by molar-refractivity contribution is 0.400. The van der Waals surface area contributed by atoms with Crippen LogP contribution >= 0.6 is 0 Å². The lowest BCUT2D eigenvalue weighted by Gasteiger charge is -2.21. The van der Waals surface area contributed by atoms with E-state index in [0.717, 1.165) is 24.7 Å². The molecule has 0 spiro atoms. The van der Waals surface area contributed by atoms with Crippen LogP contribution in [0.4, 0.5) is 0 Å². The van der Waals surface area contributed by atoms with Crippen LogP contribution in [0.15, 0.2) is 0 Å². The summed E-state index contributed by atoms with van der Waals surface area (Å²) in [4.78, 5) is 0. The highest BCUT2D eigenvalue weighted by atomic mass is 14.8. The zero-order valence-electron chi connectivity index (χ0n) is 10.3. The molecule has 0 fully saturated rings. The first-order chi connectivity index (χ1) is 6.43. The topological polar surface area (TPSA) is 52.0 Å². The Morgan fingerprint density at radius 3 is 1.14 bits per heavy atom. The van der Waals surface area contributed by atoms with Crippen LogP contribution in [0.5, 0.6) is 0 Å². The van der Waals surface area contributed by atoms with Crippen molar-refractivity contribution in [2.45, 2.75) is 65.5 Å². The fraction of sp³-hybridized carbons (Fsp3) is 1.00. The van der Waals surface area contributed by atoms with Crippen molar-refractivity contribution in [1.82, 2.24) is 0 Å². The van der Waals surface area contributed by atoms with Gasteiger partial charge in [-0.2, -0.15) is 0 Å². The van der Waals surface area contributed by atoms with E-state index in [1.807, 2.05) is 0 Å². The highest BCUT2D eigenvalue weighted by molar-refractivity contribution is 4.76. The van der Waals surface area contributed by atoms with Gasteiger partial charge in [0.25, 0.3) is 0 Å². The Morgan fingerprint density at radius 2 is 0.929 bits per heavy atom. The van der Waals surface area contributed by atoms with E-state index in [0.29, 0.717) is 0 Å². The third-order valence-corrected chi connectivity index (χ3v) is 2.70. The van der Waals surface area contributed by atoms with Gasteiger partial charge in [-0.05, 0) is 37.5 Å². The largest absolute Gasteiger partial charge is 0.326 e. The van der Waals surface area contributed by atoms with Gasteiger partial charge in [0.05, 0.1) is 0 Å². The minimum absolute atomic E-state index is 0.191. The van der Waals surface area contributed by atoms with E-state index in [2.05, 4.69) is 27.7 Å². The summed E-state index contributed by atoms with van der Waals surface area (Å²) in [7, 11) is 0. The Balaban J connectivity index is 3.59. The summed E-state index contributed by atoms with van der Waals surface area (Å²) in [5.41, 5.74) is 12.1. The molecule has 86 valence electrons. The lowest BCUT2D eigenvalue weighted by Crippen LogP contribution is -2.41. The SMILES string of the molecule is CC(C)CCC(N)C(N)CCC(C)C. The summed E-state index contributed by atoms with van der Waals surface area (Å²) in [6.07, 6.45) is 4.51. The van der Waals surface area contributed by atoms with E-state index in [4.69, 9.17) is 11.5 Å². The van der Waals surface area contributed by atoms with E-state index in [1.54, 1.807) is 0 Å². The molecule has 0 aliphatic heterocycles. The van der Waals surface area contributed by atoms with E-state index < -0.39 is 0 Å². The minimum Gasteiger partial charge on any atom is -0.326 e. The van der Waals surface area contributed by atoms with E-state index in [-0.39, 0.29) is 12.1 Å². The Morgan fingerprint density at radius 1 is 0.643 bits per heavy atom. The lowest BCUT2D eigenvalue weighted by atomic mass is 9.94. The van der Waals surface area contributed by atoms with Gasteiger partial charge in [0.2, 0.25) is 0 Å². The van der Waals surface area contributed by atoms with Gasteiger partial charge < -0.3 is 11.5 Å². The van der Waals surface area contributed by atoms with Crippen LogP contribution in [0.3, 0.4) is 0 Å². The van der Waals surface area contributed by atoms with Gasteiger partial charge in [-0.3, -0.25) is 0 Å². The molecular weight excluding hydrogens is 172 g/mol. The third-order valence-electron chi connectivity index (χ3n) is 2.70. The average Bonchev–Trinajstić information content (AvgIpc) is 2.09. The summed E-state index contributed by atoms with van der Waals surface area (Å²) in [5.74, 6) is 1.47. The van der Waals surface area contributed by atoms with Crippen molar-refractivity contribution in [1.29, 1.82) is 0 Å². The van der Waals surface area contributed by atoms with E-state index in [1.165, 1.54) is 12.8 Å². The Labute approximate surface area is 89.4 Å². The van der Waals surface area contributed by atoms with Gasteiger partial charge in [-0.1, -0.05) is 27.7 Å². The molecular formula is C12H28N2. The van der Waals surface area contributed by atoms with Crippen molar-refractivity contribution in [2.75, 3.05) is 0 Å². The van der Waals surface area contributed by atoms with Crippen molar-refractivity contribution in [3.05, 3.63) is 0 Å². The van der Waals surface area contributed by atoms with Gasteiger partial charge in [-0.15, -0.1) is 0 Å². The Kier molecular flexibility index (Phi) is 7.20. The molecule has 0 saturated carbocycles. The molecule has 2 nitrogen and oxygen atoms in total. The predicted molar refractivity (Wildman–Crippen MR) is 64.1 cm³/mol. The molecule has 0 bridgehead atoms. The van der Waals surface area contributed by atoms with Crippen LogP contribution in [-0.2, 0) is 0 Å². The molecule has 2 heteroatoms. The monoisotopic (exact) mass is 200 g/mol. The molecule has 0 saturated heterocycles. The van der Waals surface area contributed by atoms with Crippen LogP contribution in [0, 0.1) is 11.8 Å². The molecule has 0 aromatic rings. The maximum atomic E-state index is 6.03. The zero-order chi connectivity index (χ0) is 11.1. The highest BCUT2D eigenvalue weighted by Gasteiger charge is 2.13. The fourth-order valence-electron chi connectivity index (χ4n) is 1.48. The second kappa shape index (κ2) is 7.24. The highest BCUT2D eigenvalue weighted by Crippen LogP contribution is 2.12. The Bertz CT molecular complexity index is 116. The minimum atomic E-state index is 0.191. The predicted octanol–water partition coefficient (Wildman–Crippen LogP) is 2.51. The molecule has 14 heavy (non-hydrogen) atoms. The van der Waals surface area contributed by atoms with E-state index in [9.17, 15) is 0 Å². The maximum absolute atomic E-state index is 6.03. The third kappa shape index (κ3) is 7.34. The van der Waals surface area contributed by atoms with Crippen molar-refractivity contribution in [3.8, 4) is 0 Å². The summed E-state index contributed by atoms with van der Waals surface area (Å²) in [6, 6.07) is 0.382. The Hall–Kier alpha value is -0.0800. The van der Waals surface area contributed by atoms with Gasteiger partial charge in [0.1, 0.15) is 0 Å². The first kappa shape index (κ1) is 13.9. The molecule has 2 unspecified atom stereocenters. The van der Waals surface area contributed by atoms with Gasteiger partial charge in [0.15, 0.2) is 0 Å². The van der Waals surface area contributed by atoms with E-state index >= 15 is 0 Å². The summed E-state index contributed by atoms with van der Waals surface area (Å²) < 4.78 is 0. The fourth-order valence-corrected chi connectivity index (χ4v) is 1.48. The summed E-state index contributed by atoms with van der Waals surface area (Å²) in [6.45, 7) is 8.91. The summed E-state index contributed by atoms with van der Waals surface area (Å²) in [5, 5.41) is 0. The molecule has 4 N–H and O–H groups in total. The van der Waals surface area contributed by atoms with Gasteiger partial charge >= 0.3 is 0 Å². The quantitative estimate of drug-likeness (QED) is 0.663. The molecule has 0 aromatic carbocycles. The van der Waals surface area contributed by atoms with Crippen LogP contribution in [0.2, 0.25) is 0 Å². The molecule has 2 atom stereocenters. The molecule has 0 rings (SSSR count). The van der Waals surface area contributed by atoms with Crippen LogP contribution in [0.25, 0.3) is 0 Å². The van der Waals surface area contributed by atoms with Gasteiger partial charge in [0, 0.05) is 12.1 Å². The smallest absolute Gasteiger partial charge is 0.0192 e. The number of hydrogen-bond donors (Lipinski definition) is 2. The number of nitrogens with two attached hydrogens (primary N) is 2. The molecule has 0 heterocycles. The second-order valence-electron chi connectivity index (χ2n) is 5.27. The average molecular weight is 200 g/mol. The van der Waals surface area contributed by atoms with Gasteiger partial charge in [-0.25, -0.2) is 0 Å². The molecule has 0 aliphatic carbocycles. The van der Waals surface area contributed by atoms with Crippen LogP contribution in [0.1, 0.15) is 53.4 Å². The number of hydrogen-bond acceptors (Lipinski definition) is 2. The summed E-state index contributed by atoms with van der Waals surface area (Å²) >= 11 is 0. The second-order valence-corrected chi connectivity index (χ2v) is 5.27. The van der Waals surface area contributed by atoms with Crippen molar-refractivity contribution in [3.63, 3.8) is 0 Å². The van der Waals surface area contributed by atoms with Crippen LogP contribution in [-0.4, -0.2) is 12.1 Å². The van der Waals surface area contributed by atoms with Crippen molar-refractivity contribution >= 4 is 0 Å². The normalized spacial score (nSPS) is 16.3. The first-order valence-corrected chi connectivity index (χ1v) is 5.94.